The second-order valence-electron chi connectivity index (χ2n) is 7.98. The molecule has 2 N–H and O–H groups in total. The monoisotopic (exact) mass is 429 g/mol. The second kappa shape index (κ2) is 9.13. The predicted molar refractivity (Wildman–Crippen MR) is 126 cm³/mol. The van der Waals surface area contributed by atoms with Gasteiger partial charge in [0.25, 0.3) is 0 Å². The summed E-state index contributed by atoms with van der Waals surface area (Å²) in [6.07, 6.45) is 7.39. The van der Waals surface area contributed by atoms with Crippen LogP contribution in [0.1, 0.15) is 42.1 Å². The highest BCUT2D eigenvalue weighted by Gasteiger charge is 2.13. The number of pyridine rings is 1. The average molecular weight is 430 g/mol. The first-order valence-corrected chi connectivity index (χ1v) is 10.7. The molecule has 4 rings (SSSR count). The van der Waals surface area contributed by atoms with E-state index in [0.717, 1.165) is 40.0 Å². The molecule has 8 heteroatoms. The van der Waals surface area contributed by atoms with Gasteiger partial charge in [0, 0.05) is 24.6 Å². The summed E-state index contributed by atoms with van der Waals surface area (Å²) < 4.78 is 1.82. The molecule has 0 saturated carbocycles. The molecular weight excluding hydrogens is 402 g/mol. The number of hydrogen-bond acceptors (Lipinski definition) is 6. The van der Waals surface area contributed by atoms with Crippen LogP contribution in [0, 0.1) is 13.8 Å². The molecule has 1 aromatic carbocycles. The SMILES string of the molecule is CCn1cc2ncc(N[C@@H](C)c3cc(NC(=O)Cc4cncc(C)c4)ccc3C)nc2n1. The Labute approximate surface area is 187 Å². The fourth-order valence-electron chi connectivity index (χ4n) is 3.67. The zero-order valence-corrected chi connectivity index (χ0v) is 18.8. The minimum atomic E-state index is -0.0735. The Morgan fingerprint density at radius 2 is 2.00 bits per heavy atom. The number of nitrogens with one attached hydrogen (secondary N) is 2. The van der Waals surface area contributed by atoms with Crippen molar-refractivity contribution in [3.63, 3.8) is 0 Å². The standard InChI is InChI=1S/C24H27N7O/c1-5-31-14-21-24(30-31)29-22(13-26-21)27-17(4)20-10-19(7-6-16(20)3)28-23(32)9-18-8-15(2)11-25-12-18/h6-8,10-14,17H,5,9H2,1-4H3,(H,28,32)(H,27,29,30)/t17-/m0/s1. The van der Waals surface area contributed by atoms with Gasteiger partial charge < -0.3 is 10.6 Å². The fourth-order valence-corrected chi connectivity index (χ4v) is 3.67. The van der Waals surface area contributed by atoms with E-state index in [2.05, 4.69) is 44.5 Å². The quantitative estimate of drug-likeness (QED) is 0.457. The van der Waals surface area contributed by atoms with Crippen LogP contribution in [0.3, 0.4) is 0 Å². The fraction of sp³-hybridized carbons (Fsp3) is 0.292. The summed E-state index contributed by atoms with van der Waals surface area (Å²) in [7, 11) is 0. The average Bonchev–Trinajstić information content (AvgIpc) is 3.17. The number of carbonyl (C=O) groups is 1. The molecule has 8 nitrogen and oxygen atoms in total. The third kappa shape index (κ3) is 4.91. The Morgan fingerprint density at radius 1 is 1.16 bits per heavy atom. The van der Waals surface area contributed by atoms with Crippen LogP contribution in [0.2, 0.25) is 0 Å². The molecule has 0 aliphatic rings. The van der Waals surface area contributed by atoms with Crippen LogP contribution in [0.4, 0.5) is 11.5 Å². The molecule has 3 aromatic heterocycles. The Hall–Kier alpha value is -3.81. The molecule has 0 unspecified atom stereocenters. The number of benzene rings is 1. The van der Waals surface area contributed by atoms with Gasteiger partial charge in [0.2, 0.25) is 11.6 Å². The minimum Gasteiger partial charge on any atom is -0.362 e. The maximum absolute atomic E-state index is 12.5. The Bertz CT molecular complexity index is 1260. The van der Waals surface area contributed by atoms with Crippen molar-refractivity contribution >= 4 is 28.6 Å². The Balaban J connectivity index is 1.47. The lowest BCUT2D eigenvalue weighted by Gasteiger charge is -2.18. The largest absolute Gasteiger partial charge is 0.362 e. The zero-order chi connectivity index (χ0) is 22.7. The third-order valence-electron chi connectivity index (χ3n) is 5.29. The van der Waals surface area contributed by atoms with Crippen molar-refractivity contribution in [1.82, 2.24) is 24.7 Å². The van der Waals surface area contributed by atoms with Gasteiger partial charge in [-0.2, -0.15) is 5.10 Å². The first kappa shape index (κ1) is 21.4. The number of hydrogen-bond donors (Lipinski definition) is 2. The van der Waals surface area contributed by atoms with E-state index in [1.807, 2.05) is 49.0 Å². The van der Waals surface area contributed by atoms with Gasteiger partial charge in [-0.05, 0) is 62.1 Å². The van der Waals surface area contributed by atoms with Gasteiger partial charge in [0.1, 0.15) is 11.3 Å². The number of aryl methyl sites for hydroxylation is 3. The summed E-state index contributed by atoms with van der Waals surface area (Å²) >= 11 is 0. The van der Waals surface area contributed by atoms with Crippen LogP contribution in [-0.4, -0.2) is 30.6 Å². The van der Waals surface area contributed by atoms with E-state index in [1.54, 1.807) is 18.6 Å². The van der Waals surface area contributed by atoms with E-state index < -0.39 is 0 Å². The molecule has 3 heterocycles. The molecule has 0 fully saturated rings. The van der Waals surface area contributed by atoms with Crippen LogP contribution >= 0.6 is 0 Å². The van der Waals surface area contributed by atoms with Crippen LogP contribution in [0.15, 0.2) is 49.1 Å². The van der Waals surface area contributed by atoms with Crippen molar-refractivity contribution in [3.05, 3.63) is 71.3 Å². The first-order chi connectivity index (χ1) is 15.4. The number of amides is 1. The smallest absolute Gasteiger partial charge is 0.228 e. The number of rotatable bonds is 7. The maximum atomic E-state index is 12.5. The molecule has 0 saturated heterocycles. The van der Waals surface area contributed by atoms with E-state index >= 15 is 0 Å². The topological polar surface area (TPSA) is 97.6 Å². The van der Waals surface area contributed by atoms with E-state index in [1.165, 1.54) is 0 Å². The molecule has 4 aromatic rings. The lowest BCUT2D eigenvalue weighted by atomic mass is 10.0. The minimum absolute atomic E-state index is 0.0344. The van der Waals surface area contributed by atoms with Crippen molar-refractivity contribution < 1.29 is 4.79 Å². The number of aromatic nitrogens is 5. The van der Waals surface area contributed by atoms with Gasteiger partial charge in [-0.15, -0.1) is 0 Å². The van der Waals surface area contributed by atoms with E-state index in [0.29, 0.717) is 11.5 Å². The van der Waals surface area contributed by atoms with Crippen molar-refractivity contribution in [3.8, 4) is 0 Å². The van der Waals surface area contributed by atoms with Gasteiger partial charge >= 0.3 is 0 Å². The second-order valence-corrected chi connectivity index (χ2v) is 7.98. The van der Waals surface area contributed by atoms with Crippen LogP contribution in [0.5, 0.6) is 0 Å². The van der Waals surface area contributed by atoms with Crippen molar-refractivity contribution in [1.29, 1.82) is 0 Å². The summed E-state index contributed by atoms with van der Waals surface area (Å²) in [4.78, 5) is 25.7. The molecule has 0 aliphatic carbocycles. The number of nitrogens with zero attached hydrogens (tertiary/aromatic N) is 5. The third-order valence-corrected chi connectivity index (χ3v) is 5.29. The molecule has 1 amide bonds. The molecule has 0 radical (unpaired) electrons. The lowest BCUT2D eigenvalue weighted by molar-refractivity contribution is -0.115. The van der Waals surface area contributed by atoms with Gasteiger partial charge in [-0.3, -0.25) is 14.5 Å². The van der Waals surface area contributed by atoms with Gasteiger partial charge in [-0.25, -0.2) is 9.97 Å². The highest BCUT2D eigenvalue weighted by atomic mass is 16.1. The molecular formula is C24H27N7O. The normalized spacial score (nSPS) is 12.0. The Morgan fingerprint density at radius 3 is 2.78 bits per heavy atom. The molecule has 0 aliphatic heterocycles. The molecule has 0 spiro atoms. The number of anilines is 2. The highest BCUT2D eigenvalue weighted by Crippen LogP contribution is 2.25. The maximum Gasteiger partial charge on any atom is 0.228 e. The molecule has 164 valence electrons. The summed E-state index contributed by atoms with van der Waals surface area (Å²) in [6.45, 7) is 8.87. The predicted octanol–water partition coefficient (Wildman–Crippen LogP) is 4.21. The molecule has 0 bridgehead atoms. The van der Waals surface area contributed by atoms with Crippen molar-refractivity contribution in [2.24, 2.45) is 0 Å². The van der Waals surface area contributed by atoms with E-state index in [9.17, 15) is 4.79 Å². The highest BCUT2D eigenvalue weighted by molar-refractivity contribution is 5.92. The van der Waals surface area contributed by atoms with Crippen molar-refractivity contribution in [2.45, 2.75) is 46.7 Å². The summed E-state index contributed by atoms with van der Waals surface area (Å²) in [6, 6.07) is 7.86. The first-order valence-electron chi connectivity index (χ1n) is 10.7. The van der Waals surface area contributed by atoms with Crippen molar-refractivity contribution in [2.75, 3.05) is 10.6 Å². The summed E-state index contributed by atoms with van der Waals surface area (Å²) in [5, 5.41) is 10.8. The number of fused-ring (bicyclic) bond motifs is 1. The molecule has 32 heavy (non-hydrogen) atoms. The van der Waals surface area contributed by atoms with Crippen LogP contribution in [0.25, 0.3) is 11.2 Å². The number of carbonyl (C=O) groups excluding carboxylic acids is 1. The van der Waals surface area contributed by atoms with Crippen LogP contribution < -0.4 is 10.6 Å². The van der Waals surface area contributed by atoms with Gasteiger partial charge in [0.05, 0.1) is 24.9 Å². The summed E-state index contributed by atoms with van der Waals surface area (Å²) in [5.74, 6) is 0.586. The van der Waals surface area contributed by atoms with E-state index in [-0.39, 0.29) is 18.4 Å². The molecule has 1 atom stereocenters. The lowest BCUT2D eigenvalue weighted by Crippen LogP contribution is -2.16. The summed E-state index contributed by atoms with van der Waals surface area (Å²) in [5.41, 5.74) is 6.27. The van der Waals surface area contributed by atoms with Crippen LogP contribution in [-0.2, 0) is 17.8 Å². The Kier molecular flexibility index (Phi) is 6.11. The zero-order valence-electron chi connectivity index (χ0n) is 18.8. The van der Waals surface area contributed by atoms with E-state index in [4.69, 9.17) is 0 Å². The van der Waals surface area contributed by atoms with Gasteiger partial charge in [-0.1, -0.05) is 12.1 Å². The van der Waals surface area contributed by atoms with Gasteiger partial charge in [0.15, 0.2) is 0 Å².